The summed E-state index contributed by atoms with van der Waals surface area (Å²) >= 11 is 0. The van der Waals surface area contributed by atoms with Gasteiger partial charge in [0.2, 0.25) is 5.95 Å². The van der Waals surface area contributed by atoms with E-state index in [0.29, 0.717) is 5.82 Å². The first-order valence-electron chi connectivity index (χ1n) is 13.1. The predicted octanol–water partition coefficient (Wildman–Crippen LogP) is 4.20. The van der Waals surface area contributed by atoms with Crippen molar-refractivity contribution in [2.45, 2.75) is 53.1 Å². The number of aliphatic hydroxyl groups is 1. The van der Waals surface area contributed by atoms with Gasteiger partial charge in [0.15, 0.2) is 5.82 Å². The molecule has 4 heterocycles. The van der Waals surface area contributed by atoms with Gasteiger partial charge >= 0.3 is 0 Å². The molecule has 0 saturated carbocycles. The number of nitrogens with zero attached hydrogens (tertiary/aromatic N) is 7. The monoisotopic (exact) mass is 550 g/mol. The number of aromatic nitrogens is 7. The lowest BCUT2D eigenvalue weighted by molar-refractivity contribution is 0.230. The first-order chi connectivity index (χ1) is 19.2. The normalized spacial score (nSPS) is 12.5. The first kappa shape index (κ1) is 31.8. The molecule has 11 nitrogen and oxygen atoms in total. The summed E-state index contributed by atoms with van der Waals surface area (Å²) in [7, 11) is 0. The molecular weight excluding hydrogens is 511 g/mol. The van der Waals surface area contributed by atoms with E-state index >= 15 is 0 Å². The fourth-order valence-electron chi connectivity index (χ4n) is 3.49. The predicted molar refractivity (Wildman–Crippen MR) is 157 cm³/mol. The van der Waals surface area contributed by atoms with Crippen LogP contribution in [0, 0.1) is 5.82 Å². The summed E-state index contributed by atoms with van der Waals surface area (Å²) in [5.41, 5.74) is 20.8. The average Bonchev–Trinajstić information content (AvgIpc) is 3.64. The lowest BCUT2D eigenvalue weighted by Crippen LogP contribution is -2.34. The molecule has 0 spiro atoms. The highest BCUT2D eigenvalue weighted by molar-refractivity contribution is 5.75. The summed E-state index contributed by atoms with van der Waals surface area (Å²) in [5.74, 6) is 0.346. The molecule has 12 heteroatoms. The van der Waals surface area contributed by atoms with Crippen molar-refractivity contribution in [3.63, 3.8) is 0 Å². The van der Waals surface area contributed by atoms with Crippen molar-refractivity contribution in [2.75, 3.05) is 18.1 Å². The molecule has 0 bridgehead atoms. The van der Waals surface area contributed by atoms with E-state index in [4.69, 9.17) is 22.3 Å². The average molecular weight is 551 g/mol. The van der Waals surface area contributed by atoms with Crippen LogP contribution >= 0.6 is 0 Å². The molecule has 2 atom stereocenters. The Morgan fingerprint density at radius 2 is 1.52 bits per heavy atom. The zero-order valence-corrected chi connectivity index (χ0v) is 23.8. The van der Waals surface area contributed by atoms with Gasteiger partial charge in [-0.15, -0.1) is 0 Å². The Balaban J connectivity index is 0.000000251. The highest BCUT2D eigenvalue weighted by Gasteiger charge is 2.24. The summed E-state index contributed by atoms with van der Waals surface area (Å²) in [6, 6.07) is 7.91. The van der Waals surface area contributed by atoms with Crippen molar-refractivity contribution in [3.8, 4) is 11.1 Å². The van der Waals surface area contributed by atoms with E-state index in [0.717, 1.165) is 27.8 Å². The zero-order chi connectivity index (χ0) is 29.9. The van der Waals surface area contributed by atoms with Crippen molar-refractivity contribution in [2.24, 2.45) is 5.73 Å². The van der Waals surface area contributed by atoms with E-state index in [1.165, 1.54) is 18.5 Å². The van der Waals surface area contributed by atoms with Gasteiger partial charge in [0.1, 0.15) is 17.7 Å². The molecule has 5 rings (SSSR count). The number of hydrogen-bond acceptors (Lipinski definition) is 9. The quantitative estimate of drug-likeness (QED) is 0.250. The Kier molecular flexibility index (Phi) is 11.7. The third-order valence-corrected chi connectivity index (χ3v) is 5.80. The molecule has 7 N–H and O–H groups in total. The van der Waals surface area contributed by atoms with Gasteiger partial charge in [0.25, 0.3) is 0 Å². The smallest absolute Gasteiger partial charge is 0.219 e. The molecule has 0 unspecified atom stereocenters. The van der Waals surface area contributed by atoms with E-state index < -0.39 is 5.54 Å². The van der Waals surface area contributed by atoms with Gasteiger partial charge in [0, 0.05) is 41.5 Å². The van der Waals surface area contributed by atoms with Crippen LogP contribution < -0.4 is 17.2 Å². The standard InChI is InChI=1S/C12H13FN4.C12H14N6O.2C2H6/c1-12(15,8-2-4-10(13)5-3-8)9-6-16-11(14)17-7-9;1-8(6-19)17-5-10(3-15-17)9-2-11-12(13)14-7-16-18(11)4-9;2*1-2/h2-7H,15H2,1H3,(H2,14,16,17);2-5,7-8,19H,6H2,1H3,(H2,13,14,16);2*1-2H3/t12-;8-;;/m00../s1. The van der Waals surface area contributed by atoms with Crippen LogP contribution in [-0.2, 0) is 5.54 Å². The fourth-order valence-corrected chi connectivity index (χ4v) is 3.49. The van der Waals surface area contributed by atoms with Crippen LogP contribution in [0.3, 0.4) is 0 Å². The largest absolute Gasteiger partial charge is 0.394 e. The number of aliphatic hydroxyl groups excluding tert-OH is 1. The number of rotatable bonds is 5. The Morgan fingerprint density at radius 3 is 2.10 bits per heavy atom. The molecule has 0 saturated heterocycles. The molecule has 0 fully saturated rings. The van der Waals surface area contributed by atoms with Crippen molar-refractivity contribution in [1.29, 1.82) is 0 Å². The van der Waals surface area contributed by atoms with Gasteiger partial charge in [-0.3, -0.25) is 4.68 Å². The second-order valence-corrected chi connectivity index (χ2v) is 8.48. The van der Waals surface area contributed by atoms with Crippen LogP contribution in [0.4, 0.5) is 16.2 Å². The third-order valence-electron chi connectivity index (χ3n) is 5.80. The van der Waals surface area contributed by atoms with Crippen molar-refractivity contribution in [1.82, 2.24) is 34.3 Å². The van der Waals surface area contributed by atoms with Crippen LogP contribution in [0.1, 0.15) is 58.7 Å². The second-order valence-electron chi connectivity index (χ2n) is 8.48. The Labute approximate surface area is 233 Å². The summed E-state index contributed by atoms with van der Waals surface area (Å²) in [6.45, 7) is 11.8. The minimum absolute atomic E-state index is 0.0457. The number of nitrogen functional groups attached to an aromatic ring is 2. The number of anilines is 2. The van der Waals surface area contributed by atoms with Crippen LogP contribution in [0.25, 0.3) is 16.6 Å². The Morgan fingerprint density at radius 1 is 0.900 bits per heavy atom. The van der Waals surface area contributed by atoms with E-state index in [2.05, 4.69) is 25.1 Å². The van der Waals surface area contributed by atoms with Crippen LogP contribution in [0.15, 0.2) is 67.6 Å². The minimum Gasteiger partial charge on any atom is -0.394 e. The van der Waals surface area contributed by atoms with Gasteiger partial charge in [-0.1, -0.05) is 39.8 Å². The molecule has 5 aromatic rings. The number of nitrogens with two attached hydrogens (primary N) is 3. The molecule has 4 aromatic heterocycles. The van der Waals surface area contributed by atoms with E-state index in [1.807, 2.05) is 60.0 Å². The summed E-state index contributed by atoms with van der Waals surface area (Å²) < 4.78 is 16.3. The van der Waals surface area contributed by atoms with Crippen LogP contribution in [0.5, 0.6) is 0 Å². The van der Waals surface area contributed by atoms with Crippen molar-refractivity contribution >= 4 is 17.3 Å². The Hall–Kier alpha value is -4.42. The zero-order valence-electron chi connectivity index (χ0n) is 23.8. The molecule has 0 amide bonds. The molecule has 0 aliphatic heterocycles. The number of halogens is 1. The Bertz CT molecular complexity index is 1400. The van der Waals surface area contributed by atoms with E-state index in [9.17, 15) is 4.39 Å². The van der Waals surface area contributed by atoms with Crippen LogP contribution in [-0.4, -0.2) is 46.1 Å². The fraction of sp³-hybridized carbons (Fsp3) is 0.321. The molecule has 0 aliphatic rings. The minimum atomic E-state index is -0.776. The van der Waals surface area contributed by atoms with Crippen LogP contribution in [0.2, 0.25) is 0 Å². The molecule has 0 aliphatic carbocycles. The van der Waals surface area contributed by atoms with Gasteiger partial charge in [0.05, 0.1) is 24.4 Å². The molecule has 214 valence electrons. The van der Waals surface area contributed by atoms with Gasteiger partial charge < -0.3 is 22.3 Å². The van der Waals surface area contributed by atoms with Gasteiger partial charge in [-0.05, 0) is 37.6 Å². The molecule has 0 radical (unpaired) electrons. The van der Waals surface area contributed by atoms with E-state index in [1.54, 1.807) is 39.9 Å². The van der Waals surface area contributed by atoms with Crippen molar-refractivity contribution in [3.05, 3.63) is 84.6 Å². The lowest BCUT2D eigenvalue weighted by Gasteiger charge is -2.25. The SMILES string of the molecule is CC.CC.C[C@@H](CO)n1cc(-c2cc3c(N)ncnn3c2)cn1.C[C@](N)(c1ccc(F)cc1)c1cnc(N)nc1. The maximum absolute atomic E-state index is 12.8. The van der Waals surface area contributed by atoms with Gasteiger partial charge in [-0.2, -0.15) is 10.2 Å². The van der Waals surface area contributed by atoms with E-state index in [-0.39, 0.29) is 24.4 Å². The summed E-state index contributed by atoms with van der Waals surface area (Å²) in [5, 5.41) is 17.5. The lowest BCUT2D eigenvalue weighted by atomic mass is 9.87. The number of fused-ring (bicyclic) bond motifs is 1. The maximum Gasteiger partial charge on any atom is 0.219 e. The maximum atomic E-state index is 12.8. The highest BCUT2D eigenvalue weighted by atomic mass is 19.1. The molecule has 40 heavy (non-hydrogen) atoms. The first-order valence-corrected chi connectivity index (χ1v) is 13.1. The van der Waals surface area contributed by atoms with Gasteiger partial charge in [-0.25, -0.2) is 23.9 Å². The number of benzene rings is 1. The topological polar surface area (TPSA) is 172 Å². The highest BCUT2D eigenvalue weighted by Crippen LogP contribution is 2.26. The summed E-state index contributed by atoms with van der Waals surface area (Å²) in [6.07, 6.45) is 10.1. The van der Waals surface area contributed by atoms with Crippen molar-refractivity contribution < 1.29 is 9.50 Å². The third kappa shape index (κ3) is 7.58. The summed E-state index contributed by atoms with van der Waals surface area (Å²) in [4.78, 5) is 11.8. The molecular formula is C28H39FN10O. The second kappa shape index (κ2) is 14.7. The molecule has 1 aromatic carbocycles. The number of hydrogen-bond donors (Lipinski definition) is 4.